The van der Waals surface area contributed by atoms with E-state index in [0.717, 1.165) is 12.2 Å². The van der Waals surface area contributed by atoms with E-state index >= 15 is 0 Å². The van der Waals surface area contributed by atoms with Gasteiger partial charge in [-0.15, -0.1) is 0 Å². The normalized spacial score (nSPS) is 11.2. The molecule has 9 heteroatoms. The summed E-state index contributed by atoms with van der Waals surface area (Å²) >= 11 is 0. The number of aromatic nitrogens is 2. The minimum atomic E-state index is -0.703. The molecular formula is C23H35N5O4. The number of amides is 1. The van der Waals surface area contributed by atoms with Crippen molar-refractivity contribution in [2.24, 2.45) is 5.92 Å². The topological polar surface area (TPSA) is 114 Å². The molecule has 0 aliphatic rings. The maximum Gasteiger partial charge on any atom is 0.330 e. The van der Waals surface area contributed by atoms with Gasteiger partial charge in [0, 0.05) is 44.0 Å². The predicted octanol–water partition coefficient (Wildman–Crippen LogP) is 2.30. The third kappa shape index (κ3) is 5.59. The highest BCUT2D eigenvalue weighted by molar-refractivity contribution is 6.07. The largest absolute Gasteiger partial charge is 0.383 e. The zero-order chi connectivity index (χ0) is 24.0. The van der Waals surface area contributed by atoms with E-state index in [1.165, 1.54) is 16.6 Å². The molecule has 0 saturated heterocycles. The molecule has 0 saturated carbocycles. The van der Waals surface area contributed by atoms with Crippen LogP contribution in [0.15, 0.2) is 33.9 Å². The molecule has 1 heterocycles. The second kappa shape index (κ2) is 11.0. The molecule has 0 spiro atoms. The van der Waals surface area contributed by atoms with Gasteiger partial charge in [-0.05, 0) is 51.0 Å². The number of nitrogens with two attached hydrogens (primary N) is 1. The molecule has 2 aromatic rings. The Hall–Kier alpha value is -3.07. The Balaban J connectivity index is 2.52. The van der Waals surface area contributed by atoms with Gasteiger partial charge in [0.25, 0.3) is 11.5 Å². The Morgan fingerprint density at radius 2 is 1.78 bits per heavy atom. The van der Waals surface area contributed by atoms with E-state index < -0.39 is 17.2 Å². The molecule has 1 aromatic heterocycles. The Labute approximate surface area is 188 Å². The second-order valence-corrected chi connectivity index (χ2v) is 8.37. The Morgan fingerprint density at radius 1 is 1.16 bits per heavy atom. The first-order valence-corrected chi connectivity index (χ1v) is 10.9. The highest BCUT2D eigenvalue weighted by atomic mass is 16.5. The van der Waals surface area contributed by atoms with Gasteiger partial charge in [-0.3, -0.25) is 24.0 Å². The van der Waals surface area contributed by atoms with Crippen LogP contribution in [-0.4, -0.2) is 48.3 Å². The average Bonchev–Trinajstić information content (AvgIpc) is 2.73. The first-order chi connectivity index (χ1) is 15.1. The quantitative estimate of drug-likeness (QED) is 0.580. The molecule has 0 bridgehead atoms. The van der Waals surface area contributed by atoms with Gasteiger partial charge in [-0.2, -0.15) is 0 Å². The van der Waals surface area contributed by atoms with E-state index in [1.807, 2.05) is 26.0 Å². The van der Waals surface area contributed by atoms with E-state index in [0.29, 0.717) is 18.2 Å². The number of benzene rings is 1. The van der Waals surface area contributed by atoms with Crippen LogP contribution in [0, 0.1) is 5.92 Å². The minimum Gasteiger partial charge on any atom is -0.383 e. The molecule has 176 valence electrons. The van der Waals surface area contributed by atoms with E-state index in [-0.39, 0.29) is 30.6 Å². The second-order valence-electron chi connectivity index (χ2n) is 8.37. The van der Waals surface area contributed by atoms with Gasteiger partial charge >= 0.3 is 5.69 Å². The van der Waals surface area contributed by atoms with Crippen LogP contribution < -0.4 is 26.8 Å². The number of nitrogens with one attached hydrogen (secondary N) is 1. The lowest BCUT2D eigenvalue weighted by atomic mass is 10.1. The maximum absolute atomic E-state index is 13.4. The number of ether oxygens (including phenoxy) is 1. The van der Waals surface area contributed by atoms with Crippen molar-refractivity contribution >= 4 is 23.1 Å². The number of carbonyl (C=O) groups excluding carboxylic acids is 1. The highest BCUT2D eigenvalue weighted by Gasteiger charge is 2.25. The number of H-pyrrole nitrogens is 1. The monoisotopic (exact) mass is 445 g/mol. The van der Waals surface area contributed by atoms with Crippen molar-refractivity contribution in [2.75, 3.05) is 42.3 Å². The number of carbonyl (C=O) groups is 1. The van der Waals surface area contributed by atoms with Crippen LogP contribution in [0.5, 0.6) is 0 Å². The van der Waals surface area contributed by atoms with E-state index in [2.05, 4.69) is 30.7 Å². The standard InChI is InChI=1S/C23H35N5O4/c1-7-26(16(4)5)18-10-8-17(9-11-18)22(30)27(12-13-32-6)19-20(24)28(14-15(2)3)23(31)25-21(19)29/h8-11,15-16H,7,12-14,24H2,1-6H3,(H,25,29,31). The molecule has 0 atom stereocenters. The van der Waals surface area contributed by atoms with Gasteiger partial charge < -0.3 is 15.4 Å². The first kappa shape index (κ1) is 25.2. The van der Waals surface area contributed by atoms with Gasteiger partial charge in [-0.1, -0.05) is 13.8 Å². The van der Waals surface area contributed by atoms with Crippen molar-refractivity contribution in [3.05, 3.63) is 50.7 Å². The number of methoxy groups -OCH3 is 1. The molecule has 0 aliphatic heterocycles. The number of nitrogen functional groups attached to an aromatic ring is 1. The van der Waals surface area contributed by atoms with E-state index in [9.17, 15) is 14.4 Å². The maximum atomic E-state index is 13.4. The molecule has 0 fully saturated rings. The molecule has 3 N–H and O–H groups in total. The third-order valence-corrected chi connectivity index (χ3v) is 5.21. The Kier molecular flexibility index (Phi) is 8.65. The van der Waals surface area contributed by atoms with Crippen LogP contribution >= 0.6 is 0 Å². The predicted molar refractivity (Wildman–Crippen MR) is 129 cm³/mol. The molecule has 0 aliphatic carbocycles. The van der Waals surface area contributed by atoms with Gasteiger partial charge in [0.05, 0.1) is 6.61 Å². The van der Waals surface area contributed by atoms with Gasteiger partial charge in [0.2, 0.25) is 0 Å². The van der Waals surface area contributed by atoms with Crippen LogP contribution in [0.4, 0.5) is 17.2 Å². The lowest BCUT2D eigenvalue weighted by Gasteiger charge is -2.28. The molecule has 1 amide bonds. The van der Waals surface area contributed by atoms with Crippen molar-refractivity contribution < 1.29 is 9.53 Å². The molecule has 9 nitrogen and oxygen atoms in total. The highest BCUT2D eigenvalue weighted by Crippen LogP contribution is 2.22. The fraction of sp³-hybridized carbons (Fsp3) is 0.522. The number of hydrogen-bond acceptors (Lipinski definition) is 6. The summed E-state index contributed by atoms with van der Waals surface area (Å²) in [6.45, 7) is 11.6. The van der Waals surface area contributed by atoms with Crippen LogP contribution in [0.25, 0.3) is 0 Å². The van der Waals surface area contributed by atoms with Gasteiger partial charge in [0.1, 0.15) is 5.82 Å². The minimum absolute atomic E-state index is 0.0366. The summed E-state index contributed by atoms with van der Waals surface area (Å²) in [6, 6.07) is 7.56. The SMILES string of the molecule is CCN(c1ccc(C(=O)N(CCOC)c2c(N)n(CC(C)C)c(=O)[nH]c2=O)cc1)C(C)C. The summed E-state index contributed by atoms with van der Waals surface area (Å²) in [4.78, 5) is 44.2. The summed E-state index contributed by atoms with van der Waals surface area (Å²) in [7, 11) is 1.51. The summed E-state index contributed by atoms with van der Waals surface area (Å²) in [5, 5.41) is 0. The van der Waals surface area contributed by atoms with Crippen LogP contribution in [0.1, 0.15) is 45.0 Å². The molecule has 1 aromatic carbocycles. The smallest absolute Gasteiger partial charge is 0.330 e. The van der Waals surface area contributed by atoms with Crippen LogP contribution in [0.2, 0.25) is 0 Å². The first-order valence-electron chi connectivity index (χ1n) is 10.9. The van der Waals surface area contributed by atoms with Crippen molar-refractivity contribution in [2.45, 2.75) is 47.2 Å². The summed E-state index contributed by atoms with van der Waals surface area (Å²) in [6.07, 6.45) is 0. The van der Waals surface area contributed by atoms with Crippen molar-refractivity contribution in [1.82, 2.24) is 9.55 Å². The van der Waals surface area contributed by atoms with Gasteiger partial charge in [0.15, 0.2) is 5.69 Å². The zero-order valence-electron chi connectivity index (χ0n) is 19.8. The van der Waals surface area contributed by atoms with Crippen molar-refractivity contribution in [3.8, 4) is 0 Å². The molecule has 0 unspecified atom stereocenters. The molecule has 2 rings (SSSR count). The lowest BCUT2D eigenvalue weighted by molar-refractivity contribution is 0.0975. The average molecular weight is 446 g/mol. The van der Waals surface area contributed by atoms with Crippen LogP contribution in [-0.2, 0) is 11.3 Å². The lowest BCUT2D eigenvalue weighted by Crippen LogP contribution is -2.42. The number of hydrogen-bond donors (Lipinski definition) is 2. The third-order valence-electron chi connectivity index (χ3n) is 5.21. The molecule has 0 radical (unpaired) electrons. The number of anilines is 3. The van der Waals surface area contributed by atoms with Gasteiger partial charge in [-0.25, -0.2) is 4.79 Å². The number of nitrogens with zero attached hydrogens (tertiary/aromatic N) is 3. The zero-order valence-corrected chi connectivity index (χ0v) is 19.8. The van der Waals surface area contributed by atoms with Crippen molar-refractivity contribution in [1.29, 1.82) is 0 Å². The summed E-state index contributed by atoms with van der Waals surface area (Å²) < 4.78 is 6.44. The molecular weight excluding hydrogens is 410 g/mol. The number of aromatic amines is 1. The Morgan fingerprint density at radius 3 is 2.28 bits per heavy atom. The fourth-order valence-electron chi connectivity index (χ4n) is 3.68. The van der Waals surface area contributed by atoms with Crippen molar-refractivity contribution in [3.63, 3.8) is 0 Å². The number of rotatable bonds is 10. The fourth-order valence-corrected chi connectivity index (χ4v) is 3.68. The molecule has 32 heavy (non-hydrogen) atoms. The summed E-state index contributed by atoms with van der Waals surface area (Å²) in [5.41, 5.74) is 6.30. The Bertz CT molecular complexity index is 1020. The van der Waals surface area contributed by atoms with Crippen LogP contribution in [0.3, 0.4) is 0 Å². The van der Waals surface area contributed by atoms with E-state index in [1.54, 1.807) is 12.1 Å². The van der Waals surface area contributed by atoms with E-state index in [4.69, 9.17) is 10.5 Å². The summed E-state index contributed by atoms with van der Waals surface area (Å²) in [5.74, 6) is -0.314.